The van der Waals surface area contributed by atoms with E-state index in [9.17, 15) is 14.7 Å². The number of rotatable bonds is 3. The van der Waals surface area contributed by atoms with Gasteiger partial charge < -0.3 is 14.7 Å². The summed E-state index contributed by atoms with van der Waals surface area (Å²) in [6, 6.07) is 2.84. The highest BCUT2D eigenvalue weighted by molar-refractivity contribution is 8.01. The number of amides is 1. The average molecular weight is 364 g/mol. The van der Waals surface area contributed by atoms with Gasteiger partial charge in [0.25, 0.3) is 0 Å². The molecule has 0 radical (unpaired) electrons. The molecule has 1 aromatic heterocycles. The van der Waals surface area contributed by atoms with Crippen molar-refractivity contribution >= 4 is 23.6 Å². The molecule has 6 nitrogen and oxygen atoms in total. The highest BCUT2D eigenvalue weighted by Gasteiger charge is 2.65. The van der Waals surface area contributed by atoms with Crippen molar-refractivity contribution in [2.24, 2.45) is 5.92 Å². The molecule has 0 aromatic carbocycles. The quantitative estimate of drug-likeness (QED) is 0.654. The molecule has 0 bridgehead atoms. The smallest absolute Gasteiger partial charge is 0.330 e. The SMILES string of the molecule is CC(C)(C)OC(=O)[C@@H]1N2C(=O)[C@H](C(O)c3cccnc3)[C@H]2SC1(C)C. The number of esters is 1. The molecule has 2 aliphatic rings. The summed E-state index contributed by atoms with van der Waals surface area (Å²) in [4.78, 5) is 31.0. The van der Waals surface area contributed by atoms with E-state index in [1.165, 1.54) is 11.8 Å². The highest BCUT2D eigenvalue weighted by Crippen LogP contribution is 2.56. The zero-order valence-corrected chi connectivity index (χ0v) is 15.9. The monoisotopic (exact) mass is 364 g/mol. The summed E-state index contributed by atoms with van der Waals surface area (Å²) in [5.74, 6) is -1.17. The molecule has 2 fully saturated rings. The Kier molecular flexibility index (Phi) is 4.36. The zero-order chi connectivity index (χ0) is 18.6. The van der Waals surface area contributed by atoms with Crippen molar-refractivity contribution in [3.63, 3.8) is 0 Å². The summed E-state index contributed by atoms with van der Waals surface area (Å²) in [6.07, 6.45) is 2.26. The lowest BCUT2D eigenvalue weighted by atomic mass is 9.85. The van der Waals surface area contributed by atoms with Gasteiger partial charge in [-0.05, 0) is 46.2 Å². The number of ether oxygens (including phenoxy) is 1. The fourth-order valence-electron chi connectivity index (χ4n) is 3.43. The van der Waals surface area contributed by atoms with Gasteiger partial charge in [-0.3, -0.25) is 9.78 Å². The van der Waals surface area contributed by atoms with E-state index < -0.39 is 34.4 Å². The van der Waals surface area contributed by atoms with Gasteiger partial charge in [0.2, 0.25) is 5.91 Å². The van der Waals surface area contributed by atoms with Crippen molar-refractivity contribution < 1.29 is 19.4 Å². The molecule has 1 N–H and O–H groups in total. The number of hydrogen-bond donors (Lipinski definition) is 1. The van der Waals surface area contributed by atoms with Gasteiger partial charge in [-0.1, -0.05) is 6.07 Å². The lowest BCUT2D eigenvalue weighted by molar-refractivity contribution is -0.177. The first kappa shape index (κ1) is 18.2. The third-order valence-corrected chi connectivity index (χ3v) is 6.07. The van der Waals surface area contributed by atoms with Crippen LogP contribution in [0.1, 0.15) is 46.3 Å². The van der Waals surface area contributed by atoms with E-state index in [1.807, 2.05) is 34.6 Å². The van der Waals surface area contributed by atoms with Gasteiger partial charge in [-0.25, -0.2) is 4.79 Å². The number of hydrogen-bond acceptors (Lipinski definition) is 6. The molecule has 3 rings (SSSR count). The topological polar surface area (TPSA) is 79.7 Å². The molecular weight excluding hydrogens is 340 g/mol. The summed E-state index contributed by atoms with van der Waals surface area (Å²) in [5.41, 5.74) is -0.00188. The average Bonchev–Trinajstić information content (AvgIpc) is 2.74. The molecule has 25 heavy (non-hydrogen) atoms. The number of carbonyl (C=O) groups excluding carboxylic acids is 2. The largest absolute Gasteiger partial charge is 0.458 e. The minimum absolute atomic E-state index is 0.213. The summed E-state index contributed by atoms with van der Waals surface area (Å²) >= 11 is 1.54. The maximum absolute atomic E-state index is 12.8. The number of thioether (sulfide) groups is 1. The fraction of sp³-hybridized carbons (Fsp3) is 0.611. The van der Waals surface area contributed by atoms with E-state index in [0.29, 0.717) is 5.56 Å². The van der Waals surface area contributed by atoms with E-state index in [-0.39, 0.29) is 11.3 Å². The van der Waals surface area contributed by atoms with Crippen molar-refractivity contribution in [2.45, 2.75) is 62.5 Å². The van der Waals surface area contributed by atoms with Gasteiger partial charge in [0.15, 0.2) is 0 Å². The predicted octanol–water partition coefficient (Wildman–Crippen LogP) is 2.14. The van der Waals surface area contributed by atoms with Crippen LogP contribution in [0.15, 0.2) is 24.5 Å². The first-order valence-corrected chi connectivity index (χ1v) is 9.22. The van der Waals surface area contributed by atoms with Crippen LogP contribution in [0.3, 0.4) is 0 Å². The second kappa shape index (κ2) is 5.99. The Balaban J connectivity index is 1.82. The first-order valence-electron chi connectivity index (χ1n) is 8.34. The van der Waals surface area contributed by atoms with E-state index in [1.54, 1.807) is 29.4 Å². The van der Waals surface area contributed by atoms with Crippen molar-refractivity contribution in [3.05, 3.63) is 30.1 Å². The van der Waals surface area contributed by atoms with Crippen LogP contribution in [0.4, 0.5) is 0 Å². The summed E-state index contributed by atoms with van der Waals surface area (Å²) in [5, 5.41) is 10.4. The number of aromatic nitrogens is 1. The Bertz CT molecular complexity index is 686. The van der Waals surface area contributed by atoms with E-state index >= 15 is 0 Å². The lowest BCUT2D eigenvalue weighted by Gasteiger charge is -2.46. The molecule has 2 saturated heterocycles. The molecule has 2 aliphatic heterocycles. The van der Waals surface area contributed by atoms with Crippen molar-refractivity contribution in [1.29, 1.82) is 0 Å². The van der Waals surface area contributed by atoms with Gasteiger partial charge in [-0.15, -0.1) is 11.8 Å². The van der Waals surface area contributed by atoms with Gasteiger partial charge in [0.1, 0.15) is 11.6 Å². The normalized spacial score (nSPS) is 29.0. The van der Waals surface area contributed by atoms with Crippen LogP contribution >= 0.6 is 11.8 Å². The predicted molar refractivity (Wildman–Crippen MR) is 94.6 cm³/mol. The van der Waals surface area contributed by atoms with Gasteiger partial charge in [0, 0.05) is 17.1 Å². The number of carbonyl (C=O) groups is 2. The molecule has 3 heterocycles. The van der Waals surface area contributed by atoms with Crippen LogP contribution in [0.25, 0.3) is 0 Å². The van der Waals surface area contributed by atoms with Crippen LogP contribution in [-0.4, -0.2) is 48.6 Å². The van der Waals surface area contributed by atoms with Crippen LogP contribution in [0.2, 0.25) is 0 Å². The highest BCUT2D eigenvalue weighted by atomic mass is 32.2. The molecule has 0 spiro atoms. The number of fused-ring (bicyclic) bond motifs is 1. The number of aliphatic hydroxyl groups is 1. The number of pyridine rings is 1. The van der Waals surface area contributed by atoms with Crippen LogP contribution in [0, 0.1) is 5.92 Å². The van der Waals surface area contributed by atoms with E-state index in [0.717, 1.165) is 0 Å². The maximum atomic E-state index is 12.8. The van der Waals surface area contributed by atoms with Crippen LogP contribution in [-0.2, 0) is 14.3 Å². The number of nitrogens with zero attached hydrogens (tertiary/aromatic N) is 2. The Morgan fingerprint density at radius 1 is 1.44 bits per heavy atom. The van der Waals surface area contributed by atoms with E-state index in [4.69, 9.17) is 4.74 Å². The molecule has 0 aliphatic carbocycles. The second-order valence-corrected chi connectivity index (χ2v) is 9.82. The lowest BCUT2D eigenvalue weighted by Crippen LogP contribution is -2.64. The summed E-state index contributed by atoms with van der Waals surface area (Å²) in [6.45, 7) is 9.30. The van der Waals surface area contributed by atoms with Gasteiger partial charge >= 0.3 is 5.97 Å². The minimum atomic E-state index is -0.928. The van der Waals surface area contributed by atoms with Crippen LogP contribution < -0.4 is 0 Å². The van der Waals surface area contributed by atoms with Crippen molar-refractivity contribution in [3.8, 4) is 0 Å². The second-order valence-electron chi connectivity index (χ2n) is 8.05. The Hall–Kier alpha value is -1.60. The molecule has 7 heteroatoms. The molecule has 0 saturated carbocycles. The summed E-state index contributed by atoms with van der Waals surface area (Å²) in [7, 11) is 0. The third-order valence-electron chi connectivity index (χ3n) is 4.48. The van der Waals surface area contributed by atoms with Crippen molar-refractivity contribution in [2.75, 3.05) is 0 Å². The van der Waals surface area contributed by atoms with Gasteiger partial charge in [-0.2, -0.15) is 0 Å². The van der Waals surface area contributed by atoms with Gasteiger partial charge in [0.05, 0.1) is 17.4 Å². The first-order chi connectivity index (χ1) is 11.5. The Morgan fingerprint density at radius 3 is 2.68 bits per heavy atom. The third kappa shape index (κ3) is 3.15. The van der Waals surface area contributed by atoms with Crippen molar-refractivity contribution in [1.82, 2.24) is 9.88 Å². The molecule has 1 aromatic rings. The molecule has 4 atom stereocenters. The molecule has 1 unspecified atom stereocenters. The Labute approximate surface area is 151 Å². The Morgan fingerprint density at radius 2 is 2.12 bits per heavy atom. The number of aliphatic hydroxyl groups excluding tert-OH is 1. The molecule has 136 valence electrons. The molecule has 1 amide bonds. The van der Waals surface area contributed by atoms with E-state index in [2.05, 4.69) is 4.98 Å². The standard InChI is InChI=1S/C18H24N2O4S/c1-17(2,3)24-16(23)13-18(4,5)25-15-11(14(22)20(13)15)12(21)10-7-6-8-19-9-10/h6-9,11-13,15,21H,1-5H3/t11-,12?,13-,15+/m0/s1. The summed E-state index contributed by atoms with van der Waals surface area (Å²) < 4.78 is 5.04. The molecular formula is C18H24N2O4S. The minimum Gasteiger partial charge on any atom is -0.458 e. The zero-order valence-electron chi connectivity index (χ0n) is 15.1. The number of β-lactam (4-membered cyclic amide) rings is 1. The van der Waals surface area contributed by atoms with Crippen LogP contribution in [0.5, 0.6) is 0 Å². The maximum Gasteiger partial charge on any atom is 0.330 e. The fourth-order valence-corrected chi connectivity index (χ4v) is 5.14.